The largest absolute Gasteiger partial charge is 0.368 e. The normalized spacial score (nSPS) is 9.81. The highest BCUT2D eigenvalue weighted by Crippen LogP contribution is 2.14. The van der Waals surface area contributed by atoms with Crippen LogP contribution in [0.2, 0.25) is 0 Å². The lowest BCUT2D eigenvalue weighted by atomic mass is 10.2. The Kier molecular flexibility index (Phi) is 4.81. The van der Waals surface area contributed by atoms with Gasteiger partial charge in [-0.15, -0.1) is 11.8 Å². The van der Waals surface area contributed by atoms with Crippen LogP contribution in [0.3, 0.4) is 0 Å². The van der Waals surface area contributed by atoms with Gasteiger partial charge in [0.25, 0.3) is 5.91 Å². The van der Waals surface area contributed by atoms with Crippen molar-refractivity contribution in [1.29, 1.82) is 0 Å². The summed E-state index contributed by atoms with van der Waals surface area (Å²) in [5.74, 6) is -1.05. The number of rotatable bonds is 5. The van der Waals surface area contributed by atoms with Crippen molar-refractivity contribution in [3.8, 4) is 0 Å². The number of hydrogen-bond donors (Lipinski definition) is 2. The second-order valence-electron chi connectivity index (χ2n) is 2.91. The van der Waals surface area contributed by atoms with Crippen molar-refractivity contribution in [3.63, 3.8) is 0 Å². The maximum absolute atomic E-state index is 11.4. The van der Waals surface area contributed by atoms with Crippen LogP contribution in [-0.2, 0) is 9.63 Å². The number of carbonyl (C=O) groups excluding carboxylic acids is 2. The summed E-state index contributed by atoms with van der Waals surface area (Å²) >= 11 is 1.59. The van der Waals surface area contributed by atoms with Gasteiger partial charge in [0.05, 0.1) is 0 Å². The molecule has 0 aliphatic carbocycles. The minimum Gasteiger partial charge on any atom is -0.368 e. The van der Waals surface area contributed by atoms with Crippen molar-refractivity contribution in [1.82, 2.24) is 5.48 Å². The number of hydrogen-bond acceptors (Lipinski definition) is 4. The van der Waals surface area contributed by atoms with Gasteiger partial charge < -0.3 is 5.73 Å². The van der Waals surface area contributed by atoms with Gasteiger partial charge in [-0.2, -0.15) is 0 Å². The van der Waals surface area contributed by atoms with Crippen LogP contribution in [0.4, 0.5) is 0 Å². The zero-order valence-corrected chi connectivity index (χ0v) is 9.54. The molecular weight excluding hydrogens is 228 g/mol. The molecule has 5 nitrogen and oxygen atoms in total. The molecule has 0 bridgehead atoms. The highest BCUT2D eigenvalue weighted by molar-refractivity contribution is 7.98. The van der Waals surface area contributed by atoms with E-state index in [1.54, 1.807) is 23.9 Å². The summed E-state index contributed by atoms with van der Waals surface area (Å²) in [6.07, 6.45) is 1.95. The summed E-state index contributed by atoms with van der Waals surface area (Å²) in [7, 11) is 0. The van der Waals surface area contributed by atoms with E-state index in [1.165, 1.54) is 0 Å². The standard InChI is InChI=1S/C10H12N2O3S/c1-16-8-4-2-7(3-5-8)10(14)12-15-6-9(11)13/h2-5H,6H2,1H3,(H2,11,13)(H,12,14). The molecule has 1 aromatic rings. The molecule has 0 saturated heterocycles. The topological polar surface area (TPSA) is 81.4 Å². The Labute approximate surface area is 97.3 Å². The molecule has 0 saturated carbocycles. The van der Waals surface area contributed by atoms with E-state index >= 15 is 0 Å². The fourth-order valence-corrected chi connectivity index (χ4v) is 1.38. The van der Waals surface area contributed by atoms with Crippen molar-refractivity contribution >= 4 is 23.6 Å². The smallest absolute Gasteiger partial charge is 0.274 e. The van der Waals surface area contributed by atoms with Gasteiger partial charge in [0.1, 0.15) is 0 Å². The first-order chi connectivity index (χ1) is 7.63. The number of hydroxylamine groups is 1. The van der Waals surface area contributed by atoms with Crippen molar-refractivity contribution < 1.29 is 14.4 Å². The van der Waals surface area contributed by atoms with Crippen molar-refractivity contribution in [2.75, 3.05) is 12.9 Å². The van der Waals surface area contributed by atoms with Gasteiger partial charge in [0.15, 0.2) is 6.61 Å². The Bertz CT molecular complexity index is 378. The first-order valence-electron chi connectivity index (χ1n) is 4.48. The van der Waals surface area contributed by atoms with Gasteiger partial charge in [-0.05, 0) is 30.5 Å². The molecule has 0 atom stereocenters. The Morgan fingerprint density at radius 2 is 2.00 bits per heavy atom. The van der Waals surface area contributed by atoms with Gasteiger partial charge in [-0.25, -0.2) is 5.48 Å². The van der Waals surface area contributed by atoms with E-state index in [0.29, 0.717) is 5.56 Å². The summed E-state index contributed by atoms with van der Waals surface area (Å²) in [6.45, 7) is -0.339. The average molecular weight is 240 g/mol. The van der Waals surface area contributed by atoms with Crippen LogP contribution < -0.4 is 11.2 Å². The third kappa shape index (κ3) is 3.92. The highest BCUT2D eigenvalue weighted by Gasteiger charge is 2.05. The number of amides is 2. The van der Waals surface area contributed by atoms with Crippen LogP contribution in [0.25, 0.3) is 0 Å². The Hall–Kier alpha value is -1.53. The maximum Gasteiger partial charge on any atom is 0.274 e. The molecule has 0 spiro atoms. The Balaban J connectivity index is 2.49. The number of benzene rings is 1. The first-order valence-corrected chi connectivity index (χ1v) is 5.70. The van der Waals surface area contributed by atoms with Gasteiger partial charge in [-0.3, -0.25) is 14.4 Å². The van der Waals surface area contributed by atoms with E-state index in [4.69, 9.17) is 5.73 Å². The second-order valence-corrected chi connectivity index (χ2v) is 3.79. The van der Waals surface area contributed by atoms with E-state index in [1.807, 2.05) is 18.4 Å². The lowest BCUT2D eigenvalue weighted by Gasteiger charge is -2.04. The maximum atomic E-state index is 11.4. The van der Waals surface area contributed by atoms with Crippen molar-refractivity contribution in [2.24, 2.45) is 5.73 Å². The van der Waals surface area contributed by atoms with E-state index in [-0.39, 0.29) is 6.61 Å². The van der Waals surface area contributed by atoms with Gasteiger partial charge in [0.2, 0.25) is 5.91 Å². The zero-order valence-electron chi connectivity index (χ0n) is 8.73. The molecule has 1 rings (SSSR count). The van der Waals surface area contributed by atoms with E-state index in [2.05, 4.69) is 10.3 Å². The predicted molar refractivity (Wildman–Crippen MR) is 60.8 cm³/mol. The predicted octanol–water partition coefficient (Wildman–Crippen LogP) is 0.555. The third-order valence-electron chi connectivity index (χ3n) is 1.73. The molecule has 0 aliphatic heterocycles. The van der Waals surface area contributed by atoms with Crippen molar-refractivity contribution in [3.05, 3.63) is 29.8 Å². The van der Waals surface area contributed by atoms with E-state index in [0.717, 1.165) is 4.90 Å². The second kappa shape index (κ2) is 6.14. The SMILES string of the molecule is CSc1ccc(C(=O)NOCC(N)=O)cc1. The fourth-order valence-electron chi connectivity index (χ4n) is 0.974. The number of nitrogens with one attached hydrogen (secondary N) is 1. The van der Waals surface area contributed by atoms with Crippen LogP contribution in [0.1, 0.15) is 10.4 Å². The highest BCUT2D eigenvalue weighted by atomic mass is 32.2. The van der Waals surface area contributed by atoms with Crippen LogP contribution >= 0.6 is 11.8 Å². The number of carbonyl (C=O) groups is 2. The fraction of sp³-hybridized carbons (Fsp3) is 0.200. The molecule has 0 aromatic heterocycles. The quantitative estimate of drug-likeness (QED) is 0.582. The lowest BCUT2D eigenvalue weighted by Crippen LogP contribution is -2.29. The molecule has 0 aliphatic rings. The monoisotopic (exact) mass is 240 g/mol. The summed E-state index contributed by atoms with van der Waals surface area (Å²) in [5.41, 5.74) is 7.42. The van der Waals surface area contributed by atoms with Crippen LogP contribution in [-0.4, -0.2) is 24.7 Å². The van der Waals surface area contributed by atoms with E-state index in [9.17, 15) is 9.59 Å². The molecule has 1 aromatic carbocycles. The average Bonchev–Trinajstić information content (AvgIpc) is 2.28. The molecule has 2 amide bonds. The summed E-state index contributed by atoms with van der Waals surface area (Å²) < 4.78 is 0. The molecule has 3 N–H and O–H groups in total. The Morgan fingerprint density at radius 3 is 2.50 bits per heavy atom. The summed E-state index contributed by atoms with van der Waals surface area (Å²) in [4.78, 5) is 27.4. The molecule has 0 unspecified atom stereocenters. The molecule has 6 heteroatoms. The van der Waals surface area contributed by atoms with Crippen LogP contribution in [0.15, 0.2) is 29.2 Å². The zero-order chi connectivity index (χ0) is 12.0. The van der Waals surface area contributed by atoms with Gasteiger partial charge >= 0.3 is 0 Å². The summed E-state index contributed by atoms with van der Waals surface area (Å²) in [6, 6.07) is 7.00. The lowest BCUT2D eigenvalue weighted by molar-refractivity contribution is -0.124. The summed E-state index contributed by atoms with van der Waals surface area (Å²) in [5, 5.41) is 0. The minimum absolute atomic E-state index is 0.339. The Morgan fingerprint density at radius 1 is 1.38 bits per heavy atom. The molecule has 0 heterocycles. The minimum atomic E-state index is -0.641. The molecule has 16 heavy (non-hydrogen) atoms. The van der Waals surface area contributed by atoms with Crippen LogP contribution in [0.5, 0.6) is 0 Å². The van der Waals surface area contributed by atoms with Crippen LogP contribution in [0, 0.1) is 0 Å². The molecular formula is C10H12N2O3S. The third-order valence-corrected chi connectivity index (χ3v) is 2.48. The van der Waals surface area contributed by atoms with Gasteiger partial charge in [0, 0.05) is 10.5 Å². The van der Waals surface area contributed by atoms with E-state index < -0.39 is 11.8 Å². The van der Waals surface area contributed by atoms with Gasteiger partial charge in [-0.1, -0.05) is 0 Å². The first kappa shape index (κ1) is 12.5. The number of thioether (sulfide) groups is 1. The number of nitrogens with two attached hydrogens (primary N) is 1. The van der Waals surface area contributed by atoms with Crippen molar-refractivity contribution in [2.45, 2.75) is 4.90 Å². The molecule has 0 radical (unpaired) electrons. The molecule has 0 fully saturated rings. The number of primary amides is 1. The molecule has 86 valence electrons.